The van der Waals surface area contributed by atoms with Gasteiger partial charge in [0.1, 0.15) is 5.69 Å². The minimum Gasteiger partial charge on any atom is -0.359 e. The van der Waals surface area contributed by atoms with Gasteiger partial charge in [-0.15, -0.1) is 11.3 Å². The summed E-state index contributed by atoms with van der Waals surface area (Å²) in [4.78, 5) is 29.8. The van der Waals surface area contributed by atoms with E-state index in [-0.39, 0.29) is 38.0 Å². The van der Waals surface area contributed by atoms with E-state index in [2.05, 4.69) is 10.3 Å². The van der Waals surface area contributed by atoms with Gasteiger partial charge in [0.15, 0.2) is 0 Å². The number of hydrogen-bond acceptors (Lipinski definition) is 6. The largest absolute Gasteiger partial charge is 0.359 e. The first-order valence-corrected chi connectivity index (χ1v) is 9.46. The lowest BCUT2D eigenvalue weighted by atomic mass is 10.1. The number of carbonyl (C=O) groups excluding carboxylic acids is 2. The summed E-state index contributed by atoms with van der Waals surface area (Å²) in [5, 5.41) is 4.15. The van der Waals surface area contributed by atoms with Gasteiger partial charge in [0.2, 0.25) is 15.9 Å². The van der Waals surface area contributed by atoms with E-state index in [9.17, 15) is 18.0 Å². The number of hydrogen-bond donors (Lipinski definition) is 1. The molecular formula is C12H18N4O4S2. The van der Waals surface area contributed by atoms with Gasteiger partial charge < -0.3 is 10.2 Å². The van der Waals surface area contributed by atoms with Crippen LogP contribution in [0.1, 0.15) is 10.5 Å². The molecule has 1 fully saturated rings. The van der Waals surface area contributed by atoms with E-state index in [1.165, 1.54) is 27.6 Å². The standard InChI is InChI=1S/C12H18N4O4S2/c1-13-11(17)9-5-15(12(18)10-7-21-8-14-10)3-4-16(6-9)22(2,19)20/h7-9H,3-6H2,1-2H3,(H,13,17)/t9-/m1/s1. The first-order valence-electron chi connectivity index (χ1n) is 6.67. The highest BCUT2D eigenvalue weighted by Crippen LogP contribution is 2.15. The number of nitrogens with zero attached hydrogens (tertiary/aromatic N) is 3. The summed E-state index contributed by atoms with van der Waals surface area (Å²) in [6.45, 7) is 0.639. The number of rotatable bonds is 3. The third kappa shape index (κ3) is 3.81. The molecule has 1 N–H and O–H groups in total. The molecule has 2 rings (SSSR count). The van der Waals surface area contributed by atoms with Crippen LogP contribution in [0.25, 0.3) is 0 Å². The fourth-order valence-electron chi connectivity index (χ4n) is 2.32. The van der Waals surface area contributed by atoms with Crippen LogP contribution in [0.3, 0.4) is 0 Å². The Balaban J connectivity index is 2.23. The molecule has 122 valence electrons. The van der Waals surface area contributed by atoms with Crippen LogP contribution < -0.4 is 5.32 Å². The van der Waals surface area contributed by atoms with Crippen LogP contribution in [-0.2, 0) is 14.8 Å². The molecule has 0 unspecified atom stereocenters. The zero-order chi connectivity index (χ0) is 16.3. The van der Waals surface area contributed by atoms with Crippen molar-refractivity contribution in [1.82, 2.24) is 19.5 Å². The first-order chi connectivity index (χ1) is 10.3. The number of carbonyl (C=O) groups is 2. The monoisotopic (exact) mass is 346 g/mol. The highest BCUT2D eigenvalue weighted by Gasteiger charge is 2.33. The van der Waals surface area contributed by atoms with Gasteiger partial charge in [0.05, 0.1) is 17.7 Å². The molecule has 0 saturated carbocycles. The molecular weight excluding hydrogens is 328 g/mol. The van der Waals surface area contributed by atoms with Crippen LogP contribution in [0.15, 0.2) is 10.9 Å². The highest BCUT2D eigenvalue weighted by atomic mass is 32.2. The number of aromatic nitrogens is 1. The number of nitrogens with one attached hydrogen (secondary N) is 1. The van der Waals surface area contributed by atoms with Crippen LogP contribution in [0.5, 0.6) is 0 Å². The van der Waals surface area contributed by atoms with Crippen LogP contribution in [-0.4, -0.2) is 73.9 Å². The molecule has 8 nitrogen and oxygen atoms in total. The maximum absolute atomic E-state index is 12.4. The highest BCUT2D eigenvalue weighted by molar-refractivity contribution is 7.88. The Morgan fingerprint density at radius 1 is 1.36 bits per heavy atom. The second-order valence-electron chi connectivity index (χ2n) is 5.06. The Morgan fingerprint density at radius 3 is 2.64 bits per heavy atom. The summed E-state index contributed by atoms with van der Waals surface area (Å²) in [6, 6.07) is 0. The van der Waals surface area contributed by atoms with Crippen molar-refractivity contribution in [2.75, 3.05) is 39.5 Å². The Labute approximate surface area is 133 Å². The van der Waals surface area contributed by atoms with E-state index in [1.54, 1.807) is 10.9 Å². The van der Waals surface area contributed by atoms with Crippen molar-refractivity contribution in [2.24, 2.45) is 5.92 Å². The van der Waals surface area contributed by atoms with E-state index in [0.29, 0.717) is 5.69 Å². The Hall–Kier alpha value is -1.52. The van der Waals surface area contributed by atoms with Crippen molar-refractivity contribution >= 4 is 33.2 Å². The minimum absolute atomic E-state index is 0.0688. The lowest BCUT2D eigenvalue weighted by Crippen LogP contribution is -2.42. The summed E-state index contributed by atoms with van der Waals surface area (Å²) >= 11 is 1.31. The van der Waals surface area contributed by atoms with Crippen molar-refractivity contribution in [2.45, 2.75) is 0 Å². The predicted octanol–water partition coefficient (Wildman–Crippen LogP) is -0.777. The quantitative estimate of drug-likeness (QED) is 0.774. The molecule has 1 aliphatic rings. The molecule has 1 aromatic rings. The molecule has 0 aliphatic carbocycles. The Kier molecular flexibility index (Phi) is 5.14. The van der Waals surface area contributed by atoms with E-state index in [4.69, 9.17) is 0 Å². The van der Waals surface area contributed by atoms with Crippen molar-refractivity contribution in [3.63, 3.8) is 0 Å². The fourth-order valence-corrected chi connectivity index (χ4v) is 3.71. The SMILES string of the molecule is CNC(=O)[C@@H]1CN(C(=O)c2cscn2)CCN(S(C)(=O)=O)C1. The maximum Gasteiger partial charge on any atom is 0.273 e. The number of thiazole rings is 1. The Morgan fingerprint density at radius 2 is 2.09 bits per heavy atom. The summed E-state index contributed by atoms with van der Waals surface area (Å²) in [6.07, 6.45) is 1.10. The van der Waals surface area contributed by atoms with E-state index < -0.39 is 15.9 Å². The zero-order valence-corrected chi connectivity index (χ0v) is 14.0. The first kappa shape index (κ1) is 16.8. The molecule has 0 spiro atoms. The van der Waals surface area contributed by atoms with Crippen molar-refractivity contribution in [1.29, 1.82) is 0 Å². The predicted molar refractivity (Wildman–Crippen MR) is 82.0 cm³/mol. The average molecular weight is 346 g/mol. The molecule has 2 heterocycles. The van der Waals surface area contributed by atoms with Gasteiger partial charge in [-0.2, -0.15) is 4.31 Å². The molecule has 10 heteroatoms. The Bertz CT molecular complexity index is 644. The molecule has 0 radical (unpaired) electrons. The maximum atomic E-state index is 12.4. The normalized spacial score (nSPS) is 20.5. The lowest BCUT2D eigenvalue weighted by Gasteiger charge is -2.22. The van der Waals surface area contributed by atoms with Gasteiger partial charge in [-0.3, -0.25) is 9.59 Å². The number of amides is 2. The van der Waals surface area contributed by atoms with Crippen molar-refractivity contribution in [3.8, 4) is 0 Å². The van der Waals surface area contributed by atoms with Gasteiger partial charge in [-0.05, 0) is 0 Å². The van der Waals surface area contributed by atoms with Crippen LogP contribution in [0.4, 0.5) is 0 Å². The summed E-state index contributed by atoms with van der Waals surface area (Å²) in [7, 11) is -1.93. The van der Waals surface area contributed by atoms with Gasteiger partial charge in [0.25, 0.3) is 5.91 Å². The van der Waals surface area contributed by atoms with Crippen LogP contribution in [0.2, 0.25) is 0 Å². The van der Waals surface area contributed by atoms with Crippen LogP contribution >= 0.6 is 11.3 Å². The summed E-state index contributed by atoms with van der Waals surface area (Å²) in [5.41, 5.74) is 1.87. The van der Waals surface area contributed by atoms with E-state index >= 15 is 0 Å². The lowest BCUT2D eigenvalue weighted by molar-refractivity contribution is -0.124. The van der Waals surface area contributed by atoms with Gasteiger partial charge in [0, 0.05) is 38.6 Å². The van der Waals surface area contributed by atoms with Crippen molar-refractivity contribution in [3.05, 3.63) is 16.6 Å². The van der Waals surface area contributed by atoms with Crippen LogP contribution in [0, 0.1) is 5.92 Å². The molecule has 22 heavy (non-hydrogen) atoms. The summed E-state index contributed by atoms with van der Waals surface area (Å²) in [5.74, 6) is -1.18. The molecule has 1 atom stereocenters. The molecule has 0 bridgehead atoms. The van der Waals surface area contributed by atoms with E-state index in [0.717, 1.165) is 6.26 Å². The van der Waals surface area contributed by atoms with Gasteiger partial charge in [-0.25, -0.2) is 13.4 Å². The molecule has 1 aliphatic heterocycles. The zero-order valence-electron chi connectivity index (χ0n) is 12.4. The van der Waals surface area contributed by atoms with Gasteiger partial charge >= 0.3 is 0 Å². The van der Waals surface area contributed by atoms with E-state index in [1.807, 2.05) is 0 Å². The smallest absolute Gasteiger partial charge is 0.273 e. The molecule has 2 amide bonds. The van der Waals surface area contributed by atoms with Crippen molar-refractivity contribution < 1.29 is 18.0 Å². The second kappa shape index (κ2) is 6.71. The third-order valence-electron chi connectivity index (χ3n) is 3.51. The second-order valence-corrected chi connectivity index (χ2v) is 7.76. The number of sulfonamides is 1. The molecule has 1 aromatic heterocycles. The third-order valence-corrected chi connectivity index (χ3v) is 5.37. The van der Waals surface area contributed by atoms with Gasteiger partial charge in [-0.1, -0.05) is 0 Å². The molecule has 0 aromatic carbocycles. The fraction of sp³-hybridized carbons (Fsp3) is 0.583. The average Bonchev–Trinajstić information content (AvgIpc) is 2.89. The molecule has 1 saturated heterocycles. The summed E-state index contributed by atoms with van der Waals surface area (Å²) < 4.78 is 24.8. The minimum atomic E-state index is -3.42. The topological polar surface area (TPSA) is 99.7 Å².